The summed E-state index contributed by atoms with van der Waals surface area (Å²) in [5.41, 5.74) is 0.480. The number of ether oxygens (including phenoxy) is 3. The highest BCUT2D eigenvalue weighted by molar-refractivity contribution is 5.89. The van der Waals surface area contributed by atoms with Crippen molar-refractivity contribution in [2.75, 3.05) is 24.9 Å². The number of carbonyl (C=O) groups excluding carboxylic acids is 3. The van der Waals surface area contributed by atoms with E-state index in [9.17, 15) is 14.4 Å². The van der Waals surface area contributed by atoms with Crippen molar-refractivity contribution in [3.63, 3.8) is 0 Å². The van der Waals surface area contributed by atoms with Gasteiger partial charge in [0.1, 0.15) is 17.2 Å². The predicted molar refractivity (Wildman–Crippen MR) is 107 cm³/mol. The van der Waals surface area contributed by atoms with E-state index in [-0.39, 0.29) is 35.5 Å². The minimum atomic E-state index is -0.789. The maximum absolute atomic E-state index is 11.8. The molecule has 158 valence electrons. The first-order valence-electron chi connectivity index (χ1n) is 8.89. The van der Waals surface area contributed by atoms with Gasteiger partial charge in [0.05, 0.1) is 14.2 Å². The molecule has 0 radical (unpaired) electrons. The standard InChI is InChI=1S/C19H21N5O6/c1-4-7-16(25)30-14-9-6-5-8-12(14)23-24-13-10-11-15(21-18(26)28-2)20-17(13)22-19(27)29-3/h5-6,8-11H,4,7H2,1-3H3,(H2,20,21,22,26,27)/b24-23+. The molecule has 1 aromatic carbocycles. The lowest BCUT2D eigenvalue weighted by Crippen LogP contribution is -2.15. The zero-order valence-corrected chi connectivity index (χ0v) is 16.7. The summed E-state index contributed by atoms with van der Waals surface area (Å²) in [5.74, 6) is -0.0340. The van der Waals surface area contributed by atoms with Crippen molar-refractivity contribution in [3.8, 4) is 5.75 Å². The van der Waals surface area contributed by atoms with Crippen LogP contribution in [0.3, 0.4) is 0 Å². The Kier molecular flexibility index (Phi) is 8.24. The molecule has 0 unspecified atom stereocenters. The van der Waals surface area contributed by atoms with Crippen molar-refractivity contribution in [2.45, 2.75) is 19.8 Å². The minimum absolute atomic E-state index is 0.0139. The number of amides is 2. The summed E-state index contributed by atoms with van der Waals surface area (Å²) in [6.07, 6.45) is -0.591. The molecule has 2 amide bonds. The minimum Gasteiger partial charge on any atom is -0.453 e. The molecule has 0 spiro atoms. The van der Waals surface area contributed by atoms with Gasteiger partial charge < -0.3 is 14.2 Å². The van der Waals surface area contributed by atoms with Gasteiger partial charge in [-0.15, -0.1) is 10.2 Å². The van der Waals surface area contributed by atoms with Crippen molar-refractivity contribution in [1.29, 1.82) is 0 Å². The number of azo groups is 1. The maximum atomic E-state index is 11.8. The van der Waals surface area contributed by atoms with Gasteiger partial charge in [0.2, 0.25) is 0 Å². The fourth-order valence-electron chi connectivity index (χ4n) is 2.11. The molecule has 0 bridgehead atoms. The molecular formula is C19H21N5O6. The first-order valence-corrected chi connectivity index (χ1v) is 8.89. The number of hydrogen-bond donors (Lipinski definition) is 2. The normalized spacial score (nSPS) is 10.4. The number of anilines is 2. The van der Waals surface area contributed by atoms with Gasteiger partial charge in [0.25, 0.3) is 0 Å². The van der Waals surface area contributed by atoms with E-state index < -0.39 is 12.2 Å². The van der Waals surface area contributed by atoms with Gasteiger partial charge in [-0.1, -0.05) is 19.1 Å². The summed E-state index contributed by atoms with van der Waals surface area (Å²) in [5, 5.41) is 12.9. The zero-order chi connectivity index (χ0) is 21.9. The van der Waals surface area contributed by atoms with Gasteiger partial charge in [-0.25, -0.2) is 14.6 Å². The van der Waals surface area contributed by atoms with Crippen LogP contribution in [0.25, 0.3) is 0 Å². The summed E-state index contributed by atoms with van der Waals surface area (Å²) < 4.78 is 14.4. The summed E-state index contributed by atoms with van der Waals surface area (Å²) >= 11 is 0. The second-order valence-electron chi connectivity index (χ2n) is 5.69. The Bertz CT molecular complexity index is 947. The van der Waals surface area contributed by atoms with Crippen LogP contribution in [0.2, 0.25) is 0 Å². The van der Waals surface area contributed by atoms with Gasteiger partial charge >= 0.3 is 18.2 Å². The number of hydrogen-bond acceptors (Lipinski definition) is 9. The van der Waals surface area contributed by atoms with Crippen molar-refractivity contribution in [1.82, 2.24) is 4.98 Å². The summed E-state index contributed by atoms with van der Waals surface area (Å²) in [7, 11) is 2.39. The van der Waals surface area contributed by atoms with E-state index >= 15 is 0 Å². The highest BCUT2D eigenvalue weighted by Crippen LogP contribution is 2.31. The highest BCUT2D eigenvalue weighted by Gasteiger charge is 2.13. The third-order valence-corrected chi connectivity index (χ3v) is 3.50. The second-order valence-corrected chi connectivity index (χ2v) is 5.69. The number of para-hydroxylation sites is 1. The molecule has 30 heavy (non-hydrogen) atoms. The van der Waals surface area contributed by atoms with E-state index in [4.69, 9.17) is 4.74 Å². The van der Waals surface area contributed by atoms with Crippen LogP contribution in [-0.4, -0.2) is 37.4 Å². The molecule has 0 atom stereocenters. The van der Waals surface area contributed by atoms with E-state index in [2.05, 4.69) is 35.3 Å². The number of aromatic nitrogens is 1. The molecule has 0 saturated carbocycles. The van der Waals surface area contributed by atoms with Crippen LogP contribution in [0.4, 0.5) is 32.6 Å². The largest absolute Gasteiger partial charge is 0.453 e. The Morgan fingerprint density at radius 3 is 2.30 bits per heavy atom. The molecule has 0 aliphatic rings. The first-order chi connectivity index (χ1) is 14.5. The van der Waals surface area contributed by atoms with E-state index in [1.54, 1.807) is 24.3 Å². The summed E-state index contributed by atoms with van der Waals surface area (Å²) in [6.45, 7) is 1.87. The van der Waals surface area contributed by atoms with Crippen molar-refractivity contribution in [2.24, 2.45) is 10.2 Å². The molecule has 1 aromatic heterocycles. The maximum Gasteiger partial charge on any atom is 0.412 e. The van der Waals surface area contributed by atoms with Crippen LogP contribution < -0.4 is 15.4 Å². The van der Waals surface area contributed by atoms with Crippen LogP contribution in [0.5, 0.6) is 5.75 Å². The Labute approximate surface area is 172 Å². The Morgan fingerprint density at radius 2 is 1.60 bits per heavy atom. The molecule has 2 N–H and O–H groups in total. The molecule has 0 fully saturated rings. The third-order valence-electron chi connectivity index (χ3n) is 3.50. The molecule has 0 aliphatic heterocycles. The number of nitrogens with zero attached hydrogens (tertiary/aromatic N) is 3. The molecule has 0 aliphatic carbocycles. The predicted octanol–water partition coefficient (Wildman–Crippen LogP) is 4.56. The fourth-order valence-corrected chi connectivity index (χ4v) is 2.11. The SMILES string of the molecule is CCCC(=O)Oc1ccccc1/N=N/c1ccc(NC(=O)OC)nc1NC(=O)OC. The van der Waals surface area contributed by atoms with Crippen LogP contribution in [0, 0.1) is 0 Å². The van der Waals surface area contributed by atoms with Crippen LogP contribution >= 0.6 is 0 Å². The molecule has 1 heterocycles. The van der Waals surface area contributed by atoms with Crippen LogP contribution in [0.15, 0.2) is 46.6 Å². The van der Waals surface area contributed by atoms with Crippen molar-refractivity contribution >= 4 is 41.2 Å². The average molecular weight is 415 g/mol. The van der Waals surface area contributed by atoms with E-state index in [1.165, 1.54) is 26.4 Å². The van der Waals surface area contributed by atoms with Crippen molar-refractivity contribution < 1.29 is 28.6 Å². The molecule has 2 rings (SSSR count). The van der Waals surface area contributed by atoms with Crippen LogP contribution in [-0.2, 0) is 14.3 Å². The zero-order valence-electron chi connectivity index (χ0n) is 16.7. The second kappa shape index (κ2) is 11.1. The Hall–Kier alpha value is -4.02. The van der Waals surface area contributed by atoms with E-state index in [0.717, 1.165) is 0 Å². The highest BCUT2D eigenvalue weighted by atomic mass is 16.5. The quantitative estimate of drug-likeness (QED) is 0.384. The molecule has 2 aromatic rings. The first kappa shape index (κ1) is 22.3. The Morgan fingerprint density at radius 1 is 0.933 bits per heavy atom. The number of pyridine rings is 1. The monoisotopic (exact) mass is 415 g/mol. The lowest BCUT2D eigenvalue weighted by atomic mass is 10.3. The topological polar surface area (TPSA) is 141 Å². The van der Waals surface area contributed by atoms with E-state index in [1.807, 2.05) is 6.92 Å². The van der Waals surface area contributed by atoms with Gasteiger partial charge in [-0.05, 0) is 30.7 Å². The summed E-state index contributed by atoms with van der Waals surface area (Å²) in [4.78, 5) is 38.9. The third kappa shape index (κ3) is 6.55. The molecular weight excluding hydrogens is 394 g/mol. The number of esters is 1. The van der Waals surface area contributed by atoms with E-state index in [0.29, 0.717) is 12.1 Å². The lowest BCUT2D eigenvalue weighted by Gasteiger charge is -2.09. The number of methoxy groups -OCH3 is 2. The summed E-state index contributed by atoms with van der Waals surface area (Å²) in [6, 6.07) is 9.54. The van der Waals surface area contributed by atoms with Crippen molar-refractivity contribution in [3.05, 3.63) is 36.4 Å². The van der Waals surface area contributed by atoms with Gasteiger partial charge in [-0.2, -0.15) is 0 Å². The molecule has 11 heteroatoms. The van der Waals surface area contributed by atoms with Gasteiger partial charge in [0, 0.05) is 6.42 Å². The number of carbonyl (C=O) groups is 3. The average Bonchev–Trinajstić information content (AvgIpc) is 2.74. The Balaban J connectivity index is 2.32. The molecule has 0 saturated heterocycles. The lowest BCUT2D eigenvalue weighted by molar-refractivity contribution is -0.134. The molecule has 11 nitrogen and oxygen atoms in total. The smallest absolute Gasteiger partial charge is 0.412 e. The number of rotatable bonds is 7. The number of nitrogens with one attached hydrogen (secondary N) is 2. The number of benzene rings is 1. The van der Waals surface area contributed by atoms with Gasteiger partial charge in [-0.3, -0.25) is 15.4 Å². The fraction of sp³-hybridized carbons (Fsp3) is 0.263. The van der Waals surface area contributed by atoms with Crippen LogP contribution in [0.1, 0.15) is 19.8 Å². The van der Waals surface area contributed by atoms with Gasteiger partial charge in [0.15, 0.2) is 11.6 Å².